The van der Waals surface area contributed by atoms with E-state index in [0.29, 0.717) is 68.6 Å². The molecule has 0 atom stereocenters. The van der Waals surface area contributed by atoms with Crippen LogP contribution < -0.4 is 0 Å². The number of rotatable bonds is 15. The predicted octanol–water partition coefficient (Wildman–Crippen LogP) is 7.53. The third-order valence-corrected chi connectivity index (χ3v) is 13.0. The number of nitrogens with zero attached hydrogens (tertiary/aromatic N) is 12. The molecule has 2 aromatic carbocycles. The summed E-state index contributed by atoms with van der Waals surface area (Å²) in [6, 6.07) is 27.6. The topological polar surface area (TPSA) is 189 Å². The summed E-state index contributed by atoms with van der Waals surface area (Å²) < 4.78 is 20.6. The van der Waals surface area contributed by atoms with Gasteiger partial charge in [0.2, 0.25) is 11.6 Å². The Morgan fingerprint density at radius 2 is 1.15 bits per heavy atom. The summed E-state index contributed by atoms with van der Waals surface area (Å²) in [5.41, 5.74) is 7.50. The number of benzene rings is 2. The molecule has 67 heavy (non-hydrogen) atoms. The highest BCUT2D eigenvalue weighted by Crippen LogP contribution is 2.40. The molecule has 0 unspecified atom stereocenters. The number of hydrogen-bond acceptors (Lipinski definition) is 15. The number of pyridine rings is 2. The van der Waals surface area contributed by atoms with Crippen LogP contribution in [0.4, 0.5) is 0 Å². The monoisotopic (exact) mass is 896 g/mol. The molecule has 17 nitrogen and oxygen atoms in total. The molecule has 1 saturated carbocycles. The summed E-state index contributed by atoms with van der Waals surface area (Å²) in [5.74, 6) is 2.13. The lowest BCUT2D eigenvalue weighted by molar-refractivity contribution is -0.172. The van der Waals surface area contributed by atoms with Crippen molar-refractivity contribution in [1.29, 1.82) is 0 Å². The first-order valence-electron chi connectivity index (χ1n) is 23.0. The molecule has 0 bridgehead atoms. The minimum Gasteiger partial charge on any atom is -0.393 e. The van der Waals surface area contributed by atoms with Crippen molar-refractivity contribution in [2.75, 3.05) is 26.2 Å². The molecule has 0 radical (unpaired) electrons. The first kappa shape index (κ1) is 42.2. The van der Waals surface area contributed by atoms with Crippen LogP contribution in [0.2, 0.25) is 0 Å². The van der Waals surface area contributed by atoms with Gasteiger partial charge in [-0.15, -0.1) is 0 Å². The molecule has 17 heteroatoms. The summed E-state index contributed by atoms with van der Waals surface area (Å²) >= 11 is 0. The van der Waals surface area contributed by atoms with Crippen molar-refractivity contribution >= 4 is 11.9 Å². The van der Waals surface area contributed by atoms with E-state index >= 15 is 0 Å². The Bertz CT molecular complexity index is 2980. The third-order valence-electron chi connectivity index (χ3n) is 13.0. The van der Waals surface area contributed by atoms with Gasteiger partial charge in [-0.3, -0.25) is 19.4 Å². The minimum atomic E-state index is -0.451. The van der Waals surface area contributed by atoms with Crippen LogP contribution in [0, 0.1) is 11.8 Å². The summed E-state index contributed by atoms with van der Waals surface area (Å²) in [7, 11) is 0. The Hall–Kier alpha value is -7.50. The van der Waals surface area contributed by atoms with Gasteiger partial charge in [0.15, 0.2) is 11.6 Å². The van der Waals surface area contributed by atoms with Gasteiger partial charge in [0, 0.05) is 68.7 Å². The lowest BCUT2D eigenvalue weighted by Crippen LogP contribution is -2.53. The maximum Gasteiger partial charge on any atom is 0.319 e. The molecule has 0 amide bonds. The van der Waals surface area contributed by atoms with Crippen LogP contribution in [0.1, 0.15) is 67.5 Å². The van der Waals surface area contributed by atoms with E-state index in [1.807, 2.05) is 94.3 Å². The third kappa shape index (κ3) is 8.70. The fourth-order valence-electron chi connectivity index (χ4n) is 9.38. The van der Waals surface area contributed by atoms with Gasteiger partial charge in [-0.25, -0.2) is 19.3 Å². The van der Waals surface area contributed by atoms with Crippen LogP contribution in [0.5, 0.6) is 0 Å². The standard InChI is InChI=1S/C50H48N12O5/c1-2-9-41-39(24-53-61(41)42-12-5-7-22-51-42)47-55-45(57-66-47)35-18-14-32(15-19-35)26-59-28-37(29-59)49(63)65-50(64)38-30-60(31-38)27-33-16-20-36(21-17-33)46-56-48(67-58-46)40-25-54-62(43-13-6-8-23-52-43)44(40)34-10-3-4-11-34/h5-8,12-25,34,37-38H,2-4,9-11,26-31H2,1H3. The molecule has 3 aliphatic rings. The molecule has 8 heterocycles. The van der Waals surface area contributed by atoms with Crippen molar-refractivity contribution < 1.29 is 23.4 Å². The van der Waals surface area contributed by atoms with Gasteiger partial charge in [0.05, 0.1) is 46.7 Å². The molecule has 338 valence electrons. The van der Waals surface area contributed by atoms with Crippen LogP contribution in [0.25, 0.3) is 57.3 Å². The molecule has 0 N–H and O–H groups in total. The van der Waals surface area contributed by atoms with Crippen molar-refractivity contribution in [3.63, 3.8) is 0 Å². The van der Waals surface area contributed by atoms with Gasteiger partial charge < -0.3 is 13.8 Å². The highest BCUT2D eigenvalue weighted by atomic mass is 16.6. The quantitative estimate of drug-likeness (QED) is 0.0725. The number of likely N-dealkylation sites (tertiary alicyclic amines) is 2. The number of carbonyl (C=O) groups is 2. The lowest BCUT2D eigenvalue weighted by atomic mass is 9.97. The number of carbonyl (C=O) groups excluding carboxylic acids is 2. The Balaban J connectivity index is 0.627. The SMILES string of the molecule is CCCc1c(-c2nc(-c3ccc(CN4CC(C(=O)OC(=O)C5CN(Cc6ccc(-c7noc(-c8cnn(-c9ccccn9)c8C8CCCC8)n7)cc6)C5)C4)cc3)no2)cnn1-c1ccccn1. The van der Waals surface area contributed by atoms with E-state index in [0.717, 1.165) is 82.1 Å². The molecule has 1 aliphatic carbocycles. The van der Waals surface area contributed by atoms with Crippen LogP contribution in [-0.2, 0) is 33.8 Å². The largest absolute Gasteiger partial charge is 0.393 e. The Labute approximate surface area is 385 Å². The zero-order chi connectivity index (χ0) is 45.3. The van der Waals surface area contributed by atoms with Crippen LogP contribution in [-0.4, -0.2) is 97.7 Å². The van der Waals surface area contributed by atoms with Crippen LogP contribution in [0.15, 0.2) is 119 Å². The maximum absolute atomic E-state index is 12.9. The summed E-state index contributed by atoms with van der Waals surface area (Å²) in [6.45, 7) is 5.58. The molecule has 8 aromatic rings. The van der Waals surface area contributed by atoms with Gasteiger partial charge in [-0.1, -0.05) is 97.2 Å². The van der Waals surface area contributed by atoms with Gasteiger partial charge in [-0.05, 0) is 54.7 Å². The normalized spacial score (nSPS) is 16.0. The molecule has 3 fully saturated rings. The number of aromatic nitrogens is 10. The van der Waals surface area contributed by atoms with E-state index in [1.54, 1.807) is 24.8 Å². The van der Waals surface area contributed by atoms with Gasteiger partial charge in [0.1, 0.15) is 0 Å². The van der Waals surface area contributed by atoms with Crippen LogP contribution in [0.3, 0.4) is 0 Å². The van der Waals surface area contributed by atoms with Gasteiger partial charge in [0.25, 0.3) is 11.8 Å². The fraction of sp³-hybridized carbons (Fsp3) is 0.320. The maximum atomic E-state index is 12.9. The first-order chi connectivity index (χ1) is 32.9. The summed E-state index contributed by atoms with van der Waals surface area (Å²) in [6.07, 6.45) is 13.3. The lowest BCUT2D eigenvalue weighted by Gasteiger charge is -2.39. The van der Waals surface area contributed by atoms with E-state index in [4.69, 9.17) is 28.8 Å². The van der Waals surface area contributed by atoms with E-state index in [9.17, 15) is 9.59 Å². The number of ether oxygens (including phenoxy) is 1. The second kappa shape index (κ2) is 18.4. The average Bonchev–Trinajstić information content (AvgIpc) is 4.20. The minimum absolute atomic E-state index is 0.329. The summed E-state index contributed by atoms with van der Waals surface area (Å²) in [4.78, 5) is 48.6. The van der Waals surface area contributed by atoms with E-state index in [1.165, 1.54) is 12.8 Å². The van der Waals surface area contributed by atoms with E-state index in [2.05, 4.69) is 42.1 Å². The second-order valence-corrected chi connectivity index (χ2v) is 17.6. The fourth-order valence-corrected chi connectivity index (χ4v) is 9.38. The van der Waals surface area contributed by atoms with Crippen molar-refractivity contribution in [2.45, 2.75) is 64.5 Å². The summed E-state index contributed by atoms with van der Waals surface area (Å²) in [5, 5.41) is 17.8. The first-order valence-corrected chi connectivity index (χ1v) is 23.0. The molecular weight excluding hydrogens is 849 g/mol. The Kier molecular flexibility index (Phi) is 11.6. The van der Waals surface area contributed by atoms with Gasteiger partial charge in [-0.2, -0.15) is 20.2 Å². The van der Waals surface area contributed by atoms with Gasteiger partial charge >= 0.3 is 11.9 Å². The second-order valence-electron chi connectivity index (χ2n) is 17.6. The molecule has 2 saturated heterocycles. The highest BCUT2D eigenvalue weighted by molar-refractivity contribution is 5.89. The van der Waals surface area contributed by atoms with E-state index < -0.39 is 11.9 Å². The molecule has 11 rings (SSSR count). The molecule has 0 spiro atoms. The highest BCUT2D eigenvalue weighted by Gasteiger charge is 2.39. The Morgan fingerprint density at radius 1 is 0.642 bits per heavy atom. The zero-order valence-corrected chi connectivity index (χ0v) is 37.0. The zero-order valence-electron chi connectivity index (χ0n) is 37.0. The van der Waals surface area contributed by atoms with Crippen molar-refractivity contribution in [1.82, 2.24) is 59.6 Å². The average molecular weight is 897 g/mol. The predicted molar refractivity (Wildman–Crippen MR) is 244 cm³/mol. The van der Waals surface area contributed by atoms with Crippen molar-refractivity contribution in [3.05, 3.63) is 132 Å². The number of hydrogen-bond donors (Lipinski definition) is 0. The smallest absolute Gasteiger partial charge is 0.319 e. The molecule has 2 aliphatic heterocycles. The van der Waals surface area contributed by atoms with E-state index in [-0.39, 0.29) is 11.8 Å². The molecular formula is C50H48N12O5. The number of esters is 2. The van der Waals surface area contributed by atoms with Crippen LogP contribution >= 0.6 is 0 Å². The van der Waals surface area contributed by atoms with Crippen molar-refractivity contribution in [2.24, 2.45) is 11.8 Å². The molecule has 6 aromatic heterocycles. The van der Waals surface area contributed by atoms with Crippen molar-refractivity contribution in [3.8, 4) is 57.3 Å². The Morgan fingerprint density at radius 3 is 1.67 bits per heavy atom.